The van der Waals surface area contributed by atoms with Gasteiger partial charge in [-0.15, -0.1) is 0 Å². The van der Waals surface area contributed by atoms with E-state index in [1.807, 2.05) is 56.0 Å². The minimum absolute atomic E-state index is 0.00847. The van der Waals surface area contributed by atoms with E-state index in [1.165, 1.54) is 0 Å². The second kappa shape index (κ2) is 5.45. The topological polar surface area (TPSA) is 42.4 Å². The Hall–Kier alpha value is -1.94. The number of rotatable bonds is 1. The molecule has 2 atom stereocenters. The number of fused-ring (bicyclic) bond motifs is 1. The molecule has 2 aromatic rings. The van der Waals surface area contributed by atoms with Crippen molar-refractivity contribution in [2.75, 3.05) is 13.1 Å². The number of morpholine rings is 1. The predicted octanol–water partition coefficient (Wildman–Crippen LogP) is 2.79. The van der Waals surface area contributed by atoms with Crippen LogP contribution in [-0.4, -0.2) is 41.1 Å². The van der Waals surface area contributed by atoms with Gasteiger partial charge in [0.1, 0.15) is 5.69 Å². The number of pyridine rings is 1. The Balaban J connectivity index is 1.94. The molecule has 1 amide bonds. The van der Waals surface area contributed by atoms with Crippen molar-refractivity contribution in [3.05, 3.63) is 41.6 Å². The number of carbonyl (C=O) groups excluding carboxylic acids is 1. The van der Waals surface area contributed by atoms with Crippen molar-refractivity contribution in [2.24, 2.45) is 0 Å². The molecule has 0 N–H and O–H groups in total. The van der Waals surface area contributed by atoms with Gasteiger partial charge in [-0.25, -0.2) is 4.98 Å². The normalized spacial score (nSPS) is 22.5. The van der Waals surface area contributed by atoms with Gasteiger partial charge in [0.25, 0.3) is 5.91 Å². The van der Waals surface area contributed by atoms with Crippen molar-refractivity contribution < 1.29 is 9.53 Å². The van der Waals surface area contributed by atoms with Crippen molar-refractivity contribution in [3.63, 3.8) is 0 Å². The van der Waals surface area contributed by atoms with Crippen LogP contribution in [0.3, 0.4) is 0 Å². The van der Waals surface area contributed by atoms with Crippen LogP contribution in [0.5, 0.6) is 0 Å². The van der Waals surface area contributed by atoms with Crippen LogP contribution in [0.4, 0.5) is 0 Å². The number of para-hydroxylation sites is 1. The smallest absolute Gasteiger partial charge is 0.272 e. The fourth-order valence-corrected chi connectivity index (χ4v) is 2.96. The van der Waals surface area contributed by atoms with Crippen LogP contribution >= 0.6 is 0 Å². The molecule has 0 saturated carbocycles. The van der Waals surface area contributed by atoms with Gasteiger partial charge in [0.05, 0.1) is 17.7 Å². The average molecular weight is 284 g/mol. The zero-order chi connectivity index (χ0) is 15.0. The third kappa shape index (κ3) is 2.76. The molecule has 1 fully saturated rings. The highest BCUT2D eigenvalue weighted by atomic mass is 16.5. The standard InChI is InChI=1S/C17H20N2O2/c1-11-8-16(18-15-7-5-4-6-14(11)15)17(20)19-9-12(2)21-13(3)10-19/h4-8,12-13H,9-10H2,1-3H3/t12-,13+. The molecule has 0 unspecified atom stereocenters. The molecule has 2 heterocycles. The molecular weight excluding hydrogens is 264 g/mol. The van der Waals surface area contributed by atoms with E-state index >= 15 is 0 Å². The first-order chi connectivity index (χ1) is 10.0. The van der Waals surface area contributed by atoms with Gasteiger partial charge in [0.2, 0.25) is 0 Å². The van der Waals surface area contributed by atoms with Gasteiger partial charge in [0, 0.05) is 18.5 Å². The molecule has 4 nitrogen and oxygen atoms in total. The second-order valence-electron chi connectivity index (χ2n) is 5.81. The number of hydrogen-bond donors (Lipinski definition) is 0. The maximum atomic E-state index is 12.7. The summed E-state index contributed by atoms with van der Waals surface area (Å²) < 4.78 is 5.68. The molecular formula is C17H20N2O2. The average Bonchev–Trinajstić information content (AvgIpc) is 2.45. The lowest BCUT2D eigenvalue weighted by Crippen LogP contribution is -2.48. The van der Waals surface area contributed by atoms with Gasteiger partial charge in [-0.2, -0.15) is 0 Å². The Bertz CT molecular complexity index is 674. The maximum Gasteiger partial charge on any atom is 0.272 e. The summed E-state index contributed by atoms with van der Waals surface area (Å²) in [4.78, 5) is 19.1. The Labute approximate surface area is 124 Å². The first kappa shape index (κ1) is 14.0. The summed E-state index contributed by atoms with van der Waals surface area (Å²) in [6.07, 6.45) is 0.138. The number of amides is 1. The third-order valence-electron chi connectivity index (χ3n) is 3.85. The minimum atomic E-state index is -0.00847. The summed E-state index contributed by atoms with van der Waals surface area (Å²) >= 11 is 0. The molecule has 1 aliphatic rings. The van der Waals surface area contributed by atoms with E-state index in [0.29, 0.717) is 18.8 Å². The van der Waals surface area contributed by atoms with E-state index in [2.05, 4.69) is 4.98 Å². The molecule has 0 bridgehead atoms. The number of ether oxygens (including phenoxy) is 1. The molecule has 21 heavy (non-hydrogen) atoms. The van der Waals surface area contributed by atoms with E-state index in [4.69, 9.17) is 4.74 Å². The van der Waals surface area contributed by atoms with E-state index in [9.17, 15) is 4.79 Å². The minimum Gasteiger partial charge on any atom is -0.372 e. The van der Waals surface area contributed by atoms with E-state index in [1.54, 1.807) is 0 Å². The van der Waals surface area contributed by atoms with Crippen molar-refractivity contribution in [1.29, 1.82) is 0 Å². The predicted molar refractivity (Wildman–Crippen MR) is 82.4 cm³/mol. The van der Waals surface area contributed by atoms with Gasteiger partial charge < -0.3 is 9.64 Å². The van der Waals surface area contributed by atoms with Gasteiger partial charge in [-0.1, -0.05) is 18.2 Å². The number of aromatic nitrogens is 1. The van der Waals surface area contributed by atoms with Crippen LogP contribution in [0, 0.1) is 6.92 Å². The first-order valence-electron chi connectivity index (χ1n) is 7.35. The fraction of sp³-hybridized carbons (Fsp3) is 0.412. The summed E-state index contributed by atoms with van der Waals surface area (Å²) in [5, 5.41) is 1.10. The van der Waals surface area contributed by atoms with E-state index < -0.39 is 0 Å². The molecule has 3 rings (SSSR count). The lowest BCUT2D eigenvalue weighted by atomic mass is 10.1. The van der Waals surface area contributed by atoms with Crippen molar-refractivity contribution >= 4 is 16.8 Å². The highest BCUT2D eigenvalue weighted by molar-refractivity contribution is 5.96. The quantitative estimate of drug-likeness (QED) is 0.808. The maximum absolute atomic E-state index is 12.7. The summed E-state index contributed by atoms with van der Waals surface area (Å²) in [5.41, 5.74) is 2.47. The molecule has 1 saturated heterocycles. The van der Waals surface area contributed by atoms with Crippen LogP contribution < -0.4 is 0 Å². The van der Waals surface area contributed by atoms with Gasteiger partial charge in [-0.3, -0.25) is 4.79 Å². The Morgan fingerprint density at radius 3 is 2.62 bits per heavy atom. The Kier molecular flexibility index (Phi) is 3.64. The number of nitrogens with zero attached hydrogens (tertiary/aromatic N) is 2. The monoisotopic (exact) mass is 284 g/mol. The highest BCUT2D eigenvalue weighted by Crippen LogP contribution is 2.19. The SMILES string of the molecule is Cc1cc(C(=O)N2C[C@@H](C)O[C@@H](C)C2)nc2ccccc12. The molecule has 1 aromatic heterocycles. The van der Waals surface area contributed by atoms with Crippen LogP contribution in [-0.2, 0) is 4.74 Å². The second-order valence-corrected chi connectivity index (χ2v) is 5.81. The Morgan fingerprint density at radius 2 is 1.90 bits per heavy atom. The molecule has 4 heteroatoms. The van der Waals surface area contributed by atoms with Gasteiger partial charge in [-0.05, 0) is 38.5 Å². The number of aryl methyl sites for hydroxylation is 1. The van der Waals surface area contributed by atoms with Crippen molar-refractivity contribution in [3.8, 4) is 0 Å². The number of hydrogen-bond acceptors (Lipinski definition) is 3. The summed E-state index contributed by atoms with van der Waals surface area (Å²) in [6, 6.07) is 9.80. The van der Waals surface area contributed by atoms with E-state index in [0.717, 1.165) is 16.5 Å². The molecule has 1 aromatic carbocycles. The van der Waals surface area contributed by atoms with Crippen LogP contribution in [0.15, 0.2) is 30.3 Å². The largest absolute Gasteiger partial charge is 0.372 e. The van der Waals surface area contributed by atoms with Crippen molar-refractivity contribution in [1.82, 2.24) is 9.88 Å². The molecule has 0 spiro atoms. The summed E-state index contributed by atoms with van der Waals surface area (Å²) in [6.45, 7) is 7.25. The number of carbonyl (C=O) groups is 1. The zero-order valence-electron chi connectivity index (χ0n) is 12.7. The van der Waals surface area contributed by atoms with Crippen molar-refractivity contribution in [2.45, 2.75) is 33.0 Å². The van der Waals surface area contributed by atoms with Crippen LogP contribution in [0.25, 0.3) is 10.9 Å². The van der Waals surface area contributed by atoms with Crippen LogP contribution in [0.2, 0.25) is 0 Å². The molecule has 0 aliphatic carbocycles. The molecule has 110 valence electrons. The van der Waals surface area contributed by atoms with Gasteiger partial charge in [0.15, 0.2) is 0 Å². The fourth-order valence-electron chi connectivity index (χ4n) is 2.96. The summed E-state index contributed by atoms with van der Waals surface area (Å²) in [7, 11) is 0. The lowest BCUT2D eigenvalue weighted by molar-refractivity contribution is -0.0587. The van der Waals surface area contributed by atoms with Crippen LogP contribution in [0.1, 0.15) is 29.9 Å². The molecule has 0 radical (unpaired) electrons. The van der Waals surface area contributed by atoms with E-state index in [-0.39, 0.29) is 18.1 Å². The Morgan fingerprint density at radius 1 is 1.24 bits per heavy atom. The zero-order valence-corrected chi connectivity index (χ0v) is 12.7. The summed E-state index contributed by atoms with van der Waals surface area (Å²) in [5.74, 6) is -0.00847. The number of benzene rings is 1. The van der Waals surface area contributed by atoms with Gasteiger partial charge >= 0.3 is 0 Å². The molecule has 1 aliphatic heterocycles. The highest BCUT2D eigenvalue weighted by Gasteiger charge is 2.27. The third-order valence-corrected chi connectivity index (χ3v) is 3.85. The first-order valence-corrected chi connectivity index (χ1v) is 7.35. The lowest BCUT2D eigenvalue weighted by Gasteiger charge is -2.35.